The van der Waals surface area contributed by atoms with Gasteiger partial charge in [-0.25, -0.2) is 0 Å². The number of rotatable bonds is 4. The summed E-state index contributed by atoms with van der Waals surface area (Å²) in [5.74, 6) is -0.737. The predicted molar refractivity (Wildman–Crippen MR) is 65.0 cm³/mol. The third-order valence-corrected chi connectivity index (χ3v) is 2.45. The van der Waals surface area contributed by atoms with Gasteiger partial charge in [-0.3, -0.25) is 9.59 Å². The van der Waals surface area contributed by atoms with E-state index in [0.717, 1.165) is 0 Å². The van der Waals surface area contributed by atoms with Gasteiger partial charge in [0.05, 0.1) is 17.2 Å². The Morgan fingerprint density at radius 2 is 2.00 bits per heavy atom. The lowest BCUT2D eigenvalue weighted by molar-refractivity contribution is -0.143. The van der Waals surface area contributed by atoms with Crippen molar-refractivity contribution in [3.8, 4) is 0 Å². The van der Waals surface area contributed by atoms with Gasteiger partial charge < -0.3 is 9.64 Å². The topological polar surface area (TPSA) is 46.6 Å². The van der Waals surface area contributed by atoms with Gasteiger partial charge in [-0.05, 0) is 19.1 Å². The van der Waals surface area contributed by atoms with Crippen molar-refractivity contribution in [2.75, 3.05) is 20.2 Å². The van der Waals surface area contributed by atoms with Gasteiger partial charge in [0.25, 0.3) is 5.91 Å². The molecular weight excluding hydrogens is 242 g/mol. The first kappa shape index (κ1) is 13.5. The van der Waals surface area contributed by atoms with Gasteiger partial charge in [0.15, 0.2) is 0 Å². The molecule has 0 atom stereocenters. The molecule has 1 amide bonds. The van der Waals surface area contributed by atoms with E-state index in [1.54, 1.807) is 31.2 Å². The summed E-state index contributed by atoms with van der Waals surface area (Å²) in [5, 5.41) is 0.369. The zero-order valence-electron chi connectivity index (χ0n) is 9.77. The Hall–Kier alpha value is -1.55. The largest absolute Gasteiger partial charge is 0.465 e. The summed E-state index contributed by atoms with van der Waals surface area (Å²) in [6, 6.07) is 6.71. The van der Waals surface area contributed by atoms with E-state index in [0.29, 0.717) is 17.2 Å². The number of amides is 1. The van der Waals surface area contributed by atoms with Crippen LogP contribution in [0, 0.1) is 0 Å². The first-order valence-corrected chi connectivity index (χ1v) is 5.59. The van der Waals surface area contributed by atoms with Gasteiger partial charge in [-0.2, -0.15) is 0 Å². The number of nitrogens with zero attached hydrogens (tertiary/aromatic N) is 1. The smallest absolute Gasteiger partial charge is 0.325 e. The molecule has 1 aromatic carbocycles. The van der Waals surface area contributed by atoms with Crippen molar-refractivity contribution in [2.24, 2.45) is 0 Å². The number of carbonyl (C=O) groups excluding carboxylic acids is 2. The highest BCUT2D eigenvalue weighted by molar-refractivity contribution is 6.33. The second-order valence-electron chi connectivity index (χ2n) is 3.45. The van der Waals surface area contributed by atoms with Crippen LogP contribution in [0.3, 0.4) is 0 Å². The van der Waals surface area contributed by atoms with Crippen LogP contribution in [-0.4, -0.2) is 37.0 Å². The minimum atomic E-state index is -0.435. The minimum Gasteiger partial charge on any atom is -0.465 e. The number of likely N-dealkylation sites (N-methyl/N-ethyl adjacent to an activating group) is 1. The average molecular weight is 256 g/mol. The highest BCUT2D eigenvalue weighted by Gasteiger charge is 2.17. The van der Waals surface area contributed by atoms with Crippen LogP contribution < -0.4 is 0 Å². The summed E-state index contributed by atoms with van der Waals surface area (Å²) >= 11 is 5.90. The van der Waals surface area contributed by atoms with Crippen LogP contribution in [0.1, 0.15) is 17.3 Å². The number of halogens is 1. The molecule has 0 bridgehead atoms. The molecule has 1 aromatic rings. The predicted octanol–water partition coefficient (Wildman–Crippen LogP) is 1.98. The summed E-state index contributed by atoms with van der Waals surface area (Å²) in [5.41, 5.74) is 0.376. The van der Waals surface area contributed by atoms with Crippen LogP contribution in [0.2, 0.25) is 5.02 Å². The van der Waals surface area contributed by atoms with Crippen LogP contribution in [0.4, 0.5) is 0 Å². The Labute approximate surface area is 105 Å². The zero-order chi connectivity index (χ0) is 12.8. The molecule has 0 aliphatic heterocycles. The first-order valence-electron chi connectivity index (χ1n) is 5.22. The number of benzene rings is 1. The molecule has 4 nitrogen and oxygen atoms in total. The van der Waals surface area contributed by atoms with Crippen LogP contribution in [0.5, 0.6) is 0 Å². The Kier molecular flexibility index (Phi) is 4.97. The Morgan fingerprint density at radius 1 is 1.35 bits per heavy atom. The molecule has 1 rings (SSSR count). The maximum atomic E-state index is 11.9. The van der Waals surface area contributed by atoms with Crippen LogP contribution in [-0.2, 0) is 9.53 Å². The number of ether oxygens (including phenoxy) is 1. The van der Waals surface area contributed by atoms with Crippen LogP contribution in [0.25, 0.3) is 0 Å². The van der Waals surface area contributed by atoms with Crippen molar-refractivity contribution in [3.63, 3.8) is 0 Å². The normalized spacial score (nSPS) is 9.82. The third-order valence-electron chi connectivity index (χ3n) is 2.12. The summed E-state index contributed by atoms with van der Waals surface area (Å²) in [7, 11) is 1.53. The molecule has 0 fully saturated rings. The molecule has 0 unspecified atom stereocenters. The second-order valence-corrected chi connectivity index (χ2v) is 3.85. The van der Waals surface area contributed by atoms with E-state index in [9.17, 15) is 9.59 Å². The highest BCUT2D eigenvalue weighted by atomic mass is 35.5. The Bertz CT molecular complexity index is 420. The summed E-state index contributed by atoms with van der Waals surface area (Å²) in [6.45, 7) is 1.93. The maximum Gasteiger partial charge on any atom is 0.325 e. The molecule has 0 saturated carbocycles. The molecular formula is C12H14ClNO3. The highest BCUT2D eigenvalue weighted by Crippen LogP contribution is 2.16. The summed E-state index contributed by atoms with van der Waals surface area (Å²) < 4.78 is 4.76. The van der Waals surface area contributed by atoms with Gasteiger partial charge in [0.1, 0.15) is 6.54 Å². The lowest BCUT2D eigenvalue weighted by Gasteiger charge is -2.16. The molecule has 0 aliphatic carbocycles. The van der Waals surface area contributed by atoms with E-state index in [2.05, 4.69) is 0 Å². The van der Waals surface area contributed by atoms with Crippen LogP contribution in [0.15, 0.2) is 24.3 Å². The maximum absolute atomic E-state index is 11.9. The second kappa shape index (κ2) is 6.25. The zero-order valence-corrected chi connectivity index (χ0v) is 10.5. The van der Waals surface area contributed by atoms with E-state index in [4.69, 9.17) is 16.3 Å². The van der Waals surface area contributed by atoms with Gasteiger partial charge >= 0.3 is 5.97 Å². The Balaban J connectivity index is 2.70. The first-order chi connectivity index (χ1) is 8.06. The number of hydrogen-bond acceptors (Lipinski definition) is 3. The van der Waals surface area contributed by atoms with E-state index >= 15 is 0 Å². The molecule has 17 heavy (non-hydrogen) atoms. The van der Waals surface area contributed by atoms with Crippen molar-refractivity contribution in [1.82, 2.24) is 4.90 Å². The van der Waals surface area contributed by atoms with Crippen molar-refractivity contribution in [3.05, 3.63) is 34.9 Å². The van der Waals surface area contributed by atoms with Crippen molar-refractivity contribution in [2.45, 2.75) is 6.92 Å². The lowest BCUT2D eigenvalue weighted by atomic mass is 10.2. The molecule has 0 saturated heterocycles. The molecule has 0 aliphatic rings. The summed E-state index contributed by atoms with van der Waals surface area (Å²) in [4.78, 5) is 24.4. The van der Waals surface area contributed by atoms with Crippen LogP contribution >= 0.6 is 11.6 Å². The number of carbonyl (C=O) groups is 2. The fraction of sp³-hybridized carbons (Fsp3) is 0.333. The molecule has 0 aromatic heterocycles. The molecule has 5 heteroatoms. The molecule has 0 radical (unpaired) electrons. The van der Waals surface area contributed by atoms with E-state index in [1.807, 2.05) is 0 Å². The molecule has 0 N–H and O–H groups in total. The van der Waals surface area contributed by atoms with E-state index in [1.165, 1.54) is 11.9 Å². The fourth-order valence-electron chi connectivity index (χ4n) is 1.31. The standard InChI is InChI=1S/C12H14ClNO3/c1-3-17-11(15)8-14(2)12(16)9-6-4-5-7-10(9)13/h4-7H,3,8H2,1-2H3. The third kappa shape index (κ3) is 3.75. The van der Waals surface area contributed by atoms with Gasteiger partial charge in [-0.1, -0.05) is 23.7 Å². The molecule has 92 valence electrons. The molecule has 0 heterocycles. The van der Waals surface area contributed by atoms with Crippen molar-refractivity contribution in [1.29, 1.82) is 0 Å². The van der Waals surface area contributed by atoms with Gasteiger partial charge in [0.2, 0.25) is 0 Å². The molecule has 0 spiro atoms. The average Bonchev–Trinajstić information content (AvgIpc) is 2.29. The van der Waals surface area contributed by atoms with Gasteiger partial charge in [0, 0.05) is 7.05 Å². The lowest BCUT2D eigenvalue weighted by Crippen LogP contribution is -2.33. The SMILES string of the molecule is CCOC(=O)CN(C)C(=O)c1ccccc1Cl. The Morgan fingerprint density at radius 3 is 2.59 bits per heavy atom. The van der Waals surface area contributed by atoms with Crippen molar-refractivity contribution < 1.29 is 14.3 Å². The van der Waals surface area contributed by atoms with Crippen molar-refractivity contribution >= 4 is 23.5 Å². The quantitative estimate of drug-likeness (QED) is 0.773. The summed E-state index contributed by atoms with van der Waals surface area (Å²) in [6.07, 6.45) is 0. The van der Waals surface area contributed by atoms with Gasteiger partial charge in [-0.15, -0.1) is 0 Å². The van der Waals surface area contributed by atoms with E-state index in [-0.39, 0.29) is 12.5 Å². The number of esters is 1. The fourth-order valence-corrected chi connectivity index (χ4v) is 1.53. The monoisotopic (exact) mass is 255 g/mol. The number of hydrogen-bond donors (Lipinski definition) is 0. The van der Waals surface area contributed by atoms with E-state index < -0.39 is 5.97 Å². The minimum absolute atomic E-state index is 0.0854.